The molecule has 0 bridgehead atoms. The zero-order valence-electron chi connectivity index (χ0n) is 8.97. The van der Waals surface area contributed by atoms with E-state index in [1.807, 2.05) is 0 Å². The Morgan fingerprint density at radius 1 is 1.15 bits per heavy atom. The van der Waals surface area contributed by atoms with Crippen molar-refractivity contribution in [1.29, 1.82) is 0 Å². The van der Waals surface area contributed by atoms with Gasteiger partial charge in [0.15, 0.2) is 0 Å². The molecule has 0 aromatic rings. The number of hydrogen-bond acceptors (Lipinski definition) is 2. The molecule has 78 valence electrons. The van der Waals surface area contributed by atoms with Gasteiger partial charge in [0.2, 0.25) is 0 Å². The maximum Gasteiger partial charge on any atom is 0.00673 e. The van der Waals surface area contributed by atoms with Crippen LogP contribution in [0, 0.1) is 0 Å². The van der Waals surface area contributed by atoms with E-state index in [1.165, 1.54) is 51.6 Å². The highest BCUT2D eigenvalue weighted by Gasteiger charge is 2.14. The van der Waals surface area contributed by atoms with Crippen molar-refractivity contribution >= 4 is 0 Å². The largest absolute Gasteiger partial charge is 0.330 e. The van der Waals surface area contributed by atoms with Crippen molar-refractivity contribution < 1.29 is 0 Å². The summed E-state index contributed by atoms with van der Waals surface area (Å²) in [4.78, 5) is 2.64. The van der Waals surface area contributed by atoms with Gasteiger partial charge in [-0.1, -0.05) is 12.8 Å². The van der Waals surface area contributed by atoms with Crippen LogP contribution in [0.25, 0.3) is 0 Å². The van der Waals surface area contributed by atoms with Gasteiger partial charge in [-0.25, -0.2) is 0 Å². The number of nitrogens with two attached hydrogens (primary N) is 1. The van der Waals surface area contributed by atoms with Gasteiger partial charge in [0.25, 0.3) is 0 Å². The summed E-state index contributed by atoms with van der Waals surface area (Å²) in [5.41, 5.74) is 5.52. The van der Waals surface area contributed by atoms with Crippen LogP contribution in [0.5, 0.6) is 0 Å². The molecule has 0 aromatic carbocycles. The van der Waals surface area contributed by atoms with Crippen molar-refractivity contribution in [2.45, 2.75) is 51.5 Å². The minimum Gasteiger partial charge on any atom is -0.330 e. The van der Waals surface area contributed by atoms with Crippen LogP contribution in [0.2, 0.25) is 0 Å². The minimum atomic E-state index is 0.752. The maximum absolute atomic E-state index is 5.52. The van der Waals surface area contributed by atoms with E-state index in [-0.39, 0.29) is 0 Å². The Kier molecular flexibility index (Phi) is 5.40. The summed E-state index contributed by atoms with van der Waals surface area (Å²) in [5, 5.41) is 0. The monoisotopic (exact) mass is 184 g/mol. The summed E-state index contributed by atoms with van der Waals surface area (Å²) in [6.07, 6.45) is 8.11. The van der Waals surface area contributed by atoms with E-state index < -0.39 is 0 Å². The maximum atomic E-state index is 5.52. The van der Waals surface area contributed by atoms with Crippen LogP contribution in [0.4, 0.5) is 0 Å². The van der Waals surface area contributed by atoms with Crippen molar-refractivity contribution in [3.05, 3.63) is 0 Å². The minimum absolute atomic E-state index is 0.752. The van der Waals surface area contributed by atoms with E-state index in [9.17, 15) is 0 Å². The Bertz CT molecular complexity index is 117. The van der Waals surface area contributed by atoms with Crippen LogP contribution < -0.4 is 5.73 Å². The lowest BCUT2D eigenvalue weighted by Gasteiger charge is -2.27. The molecule has 1 rings (SSSR count). The van der Waals surface area contributed by atoms with Gasteiger partial charge in [0, 0.05) is 6.04 Å². The van der Waals surface area contributed by atoms with Crippen molar-refractivity contribution in [3.8, 4) is 0 Å². The highest BCUT2D eigenvalue weighted by molar-refractivity contribution is 4.70. The summed E-state index contributed by atoms with van der Waals surface area (Å²) >= 11 is 0. The zero-order valence-corrected chi connectivity index (χ0v) is 8.97. The molecule has 0 radical (unpaired) electrons. The SMILES string of the molecule is CC(CCCN)N1CCCCCC1. The summed E-state index contributed by atoms with van der Waals surface area (Å²) in [6, 6.07) is 0.752. The quantitative estimate of drug-likeness (QED) is 0.724. The first-order valence-electron chi connectivity index (χ1n) is 5.78. The van der Waals surface area contributed by atoms with Crippen LogP contribution in [0.15, 0.2) is 0 Å². The van der Waals surface area contributed by atoms with Crippen LogP contribution >= 0.6 is 0 Å². The van der Waals surface area contributed by atoms with Crippen LogP contribution in [-0.4, -0.2) is 30.6 Å². The van der Waals surface area contributed by atoms with Gasteiger partial charge in [-0.2, -0.15) is 0 Å². The highest BCUT2D eigenvalue weighted by atomic mass is 15.1. The Hall–Kier alpha value is -0.0800. The molecule has 0 spiro atoms. The lowest BCUT2D eigenvalue weighted by atomic mass is 10.1. The van der Waals surface area contributed by atoms with Crippen molar-refractivity contribution in [3.63, 3.8) is 0 Å². The lowest BCUT2D eigenvalue weighted by molar-refractivity contribution is 0.205. The van der Waals surface area contributed by atoms with Gasteiger partial charge in [-0.3, -0.25) is 0 Å². The molecule has 1 aliphatic heterocycles. The first-order chi connectivity index (χ1) is 6.34. The number of hydrogen-bond donors (Lipinski definition) is 1. The van der Waals surface area contributed by atoms with Gasteiger partial charge in [0.05, 0.1) is 0 Å². The number of nitrogens with zero attached hydrogens (tertiary/aromatic N) is 1. The van der Waals surface area contributed by atoms with Crippen LogP contribution in [0.3, 0.4) is 0 Å². The Morgan fingerprint density at radius 3 is 2.31 bits per heavy atom. The summed E-state index contributed by atoms with van der Waals surface area (Å²) in [7, 11) is 0. The average Bonchev–Trinajstić information content (AvgIpc) is 2.42. The van der Waals surface area contributed by atoms with Gasteiger partial charge in [-0.15, -0.1) is 0 Å². The van der Waals surface area contributed by atoms with Gasteiger partial charge in [-0.05, 0) is 52.2 Å². The molecular formula is C11H24N2. The third kappa shape index (κ3) is 4.10. The second kappa shape index (κ2) is 6.39. The lowest BCUT2D eigenvalue weighted by Crippen LogP contribution is -2.34. The molecule has 1 heterocycles. The summed E-state index contributed by atoms with van der Waals surface area (Å²) < 4.78 is 0. The fraction of sp³-hybridized carbons (Fsp3) is 1.00. The third-order valence-electron chi connectivity index (χ3n) is 3.09. The highest BCUT2D eigenvalue weighted by Crippen LogP contribution is 2.14. The molecule has 1 saturated heterocycles. The molecule has 1 unspecified atom stereocenters. The van der Waals surface area contributed by atoms with Crippen LogP contribution in [0.1, 0.15) is 45.4 Å². The molecule has 1 atom stereocenters. The van der Waals surface area contributed by atoms with Crippen molar-refractivity contribution in [2.24, 2.45) is 5.73 Å². The molecule has 2 nitrogen and oxygen atoms in total. The van der Waals surface area contributed by atoms with Crippen molar-refractivity contribution in [1.82, 2.24) is 4.90 Å². The fourth-order valence-electron chi connectivity index (χ4n) is 2.13. The molecule has 0 aliphatic carbocycles. The summed E-state index contributed by atoms with van der Waals surface area (Å²) in [6.45, 7) is 5.82. The predicted molar refractivity (Wildman–Crippen MR) is 57.8 cm³/mol. The molecule has 1 aliphatic rings. The Labute approximate surface area is 82.5 Å². The topological polar surface area (TPSA) is 29.3 Å². The van der Waals surface area contributed by atoms with E-state index in [2.05, 4.69) is 11.8 Å². The Balaban J connectivity index is 2.22. The van der Waals surface area contributed by atoms with Gasteiger partial charge in [0.1, 0.15) is 0 Å². The second-order valence-corrected chi connectivity index (χ2v) is 4.23. The first-order valence-corrected chi connectivity index (χ1v) is 5.78. The van der Waals surface area contributed by atoms with E-state index >= 15 is 0 Å². The molecule has 2 N–H and O–H groups in total. The molecule has 2 heteroatoms. The zero-order chi connectivity index (χ0) is 9.52. The molecule has 0 aromatic heterocycles. The molecule has 13 heavy (non-hydrogen) atoms. The smallest absolute Gasteiger partial charge is 0.00673 e. The standard InChI is InChI=1S/C11H24N2/c1-11(7-6-8-12)13-9-4-2-3-5-10-13/h11H,2-10,12H2,1H3. The van der Waals surface area contributed by atoms with E-state index in [4.69, 9.17) is 5.73 Å². The van der Waals surface area contributed by atoms with E-state index in [0.717, 1.165) is 12.6 Å². The molecule has 1 fully saturated rings. The van der Waals surface area contributed by atoms with E-state index in [0.29, 0.717) is 0 Å². The average molecular weight is 184 g/mol. The normalized spacial score (nSPS) is 22.6. The fourth-order valence-corrected chi connectivity index (χ4v) is 2.13. The number of rotatable bonds is 4. The molecule has 0 saturated carbocycles. The van der Waals surface area contributed by atoms with Crippen LogP contribution in [-0.2, 0) is 0 Å². The Morgan fingerprint density at radius 2 is 1.77 bits per heavy atom. The molecular weight excluding hydrogens is 160 g/mol. The first kappa shape index (κ1) is 11.0. The number of likely N-dealkylation sites (tertiary alicyclic amines) is 1. The van der Waals surface area contributed by atoms with E-state index in [1.54, 1.807) is 0 Å². The molecule has 0 amide bonds. The van der Waals surface area contributed by atoms with Gasteiger partial charge >= 0.3 is 0 Å². The van der Waals surface area contributed by atoms with Crippen molar-refractivity contribution in [2.75, 3.05) is 19.6 Å². The predicted octanol–water partition coefficient (Wildman–Crippen LogP) is 1.99. The summed E-state index contributed by atoms with van der Waals surface area (Å²) in [5.74, 6) is 0. The second-order valence-electron chi connectivity index (χ2n) is 4.23. The third-order valence-corrected chi connectivity index (χ3v) is 3.09. The van der Waals surface area contributed by atoms with Gasteiger partial charge < -0.3 is 10.6 Å².